The van der Waals surface area contributed by atoms with Crippen LogP contribution in [0.5, 0.6) is 5.75 Å². The zero-order valence-corrected chi connectivity index (χ0v) is 12.9. The Bertz CT molecular complexity index is 524. The van der Waals surface area contributed by atoms with Crippen LogP contribution in [0.3, 0.4) is 0 Å². The Hall–Kier alpha value is -1.06. The Balaban J connectivity index is 1.98. The van der Waals surface area contributed by atoms with Crippen LogP contribution in [0.4, 0.5) is 0 Å². The van der Waals surface area contributed by atoms with Crippen LogP contribution >= 0.6 is 0 Å². The van der Waals surface area contributed by atoms with E-state index in [1.807, 2.05) is 6.07 Å². The second kappa shape index (κ2) is 4.74. The highest BCUT2D eigenvalue weighted by Crippen LogP contribution is 2.45. The molecule has 0 radical (unpaired) electrons. The molecule has 2 fully saturated rings. The van der Waals surface area contributed by atoms with Crippen LogP contribution in [0.25, 0.3) is 0 Å². The molecule has 0 bridgehead atoms. The van der Waals surface area contributed by atoms with Crippen LogP contribution in [0.15, 0.2) is 12.1 Å². The van der Waals surface area contributed by atoms with Crippen LogP contribution in [0, 0.1) is 13.8 Å². The number of ether oxygens (including phenoxy) is 1. The van der Waals surface area contributed by atoms with Crippen molar-refractivity contribution in [3.8, 4) is 5.75 Å². The van der Waals surface area contributed by atoms with Crippen molar-refractivity contribution in [2.24, 2.45) is 0 Å². The average Bonchev–Trinajstić information content (AvgIpc) is 3.19. The Labute approximate surface area is 121 Å². The quantitative estimate of drug-likeness (QED) is 0.920. The Morgan fingerprint density at radius 3 is 2.60 bits per heavy atom. The molecular formula is C17H25NO2. The highest BCUT2D eigenvalue weighted by Gasteiger charge is 2.48. The summed E-state index contributed by atoms with van der Waals surface area (Å²) in [5.74, 6) is 0.859. The second-order valence-electron chi connectivity index (χ2n) is 6.58. The molecule has 2 unspecified atom stereocenters. The lowest BCUT2D eigenvalue weighted by Crippen LogP contribution is -2.33. The van der Waals surface area contributed by atoms with Gasteiger partial charge in [0, 0.05) is 24.2 Å². The fourth-order valence-electron chi connectivity index (χ4n) is 3.64. The fraction of sp³-hybridized carbons (Fsp3) is 0.647. The minimum absolute atomic E-state index is 0.443. The summed E-state index contributed by atoms with van der Waals surface area (Å²) in [5, 5.41) is 11.2. The van der Waals surface area contributed by atoms with E-state index in [1.54, 1.807) is 7.11 Å². The molecule has 3 rings (SSSR count). The SMILES string of the molecule is COc1c(C2(O)CC(C)N(C3CC3)C2)ccc(C)c1C. The zero-order valence-electron chi connectivity index (χ0n) is 12.9. The third-order valence-electron chi connectivity index (χ3n) is 5.04. The number of benzene rings is 1. The first-order valence-electron chi connectivity index (χ1n) is 7.59. The molecule has 1 aromatic carbocycles. The molecule has 1 heterocycles. The van der Waals surface area contributed by atoms with Crippen molar-refractivity contribution < 1.29 is 9.84 Å². The maximum atomic E-state index is 11.2. The molecular weight excluding hydrogens is 250 g/mol. The summed E-state index contributed by atoms with van der Waals surface area (Å²) in [7, 11) is 1.70. The number of aryl methyl sites for hydroxylation is 1. The van der Waals surface area contributed by atoms with E-state index in [9.17, 15) is 5.11 Å². The summed E-state index contributed by atoms with van der Waals surface area (Å²) in [6.45, 7) is 7.11. The van der Waals surface area contributed by atoms with E-state index < -0.39 is 5.60 Å². The van der Waals surface area contributed by atoms with E-state index >= 15 is 0 Å². The molecule has 1 N–H and O–H groups in total. The van der Waals surface area contributed by atoms with Crippen LogP contribution in [-0.4, -0.2) is 35.7 Å². The third-order valence-corrected chi connectivity index (χ3v) is 5.04. The number of β-amino-alcohol motifs (C(OH)–C–C–N with tert-alkyl or cyclic N) is 1. The number of hydrogen-bond donors (Lipinski definition) is 1. The number of aliphatic hydroxyl groups is 1. The number of rotatable bonds is 3. The monoisotopic (exact) mass is 275 g/mol. The predicted octanol–water partition coefficient (Wildman–Crippen LogP) is 2.76. The minimum atomic E-state index is -0.772. The molecule has 1 aliphatic heterocycles. The van der Waals surface area contributed by atoms with Gasteiger partial charge < -0.3 is 9.84 Å². The molecule has 1 saturated heterocycles. The Kier molecular flexibility index (Phi) is 3.30. The van der Waals surface area contributed by atoms with Crippen molar-refractivity contribution in [1.82, 2.24) is 4.90 Å². The van der Waals surface area contributed by atoms with Gasteiger partial charge in [0.05, 0.1) is 7.11 Å². The summed E-state index contributed by atoms with van der Waals surface area (Å²) in [4.78, 5) is 2.47. The molecule has 2 aliphatic rings. The highest BCUT2D eigenvalue weighted by atomic mass is 16.5. The zero-order chi connectivity index (χ0) is 14.5. The summed E-state index contributed by atoms with van der Waals surface area (Å²) in [5.41, 5.74) is 2.53. The molecule has 3 nitrogen and oxygen atoms in total. The molecule has 0 spiro atoms. The third kappa shape index (κ3) is 2.13. The standard InChI is InChI=1S/C17H25NO2/c1-11-5-8-15(16(20-4)13(11)3)17(19)9-12(2)18(10-17)14-6-7-14/h5,8,12,14,19H,6-7,9-10H2,1-4H3. The van der Waals surface area contributed by atoms with E-state index in [-0.39, 0.29) is 0 Å². The molecule has 20 heavy (non-hydrogen) atoms. The van der Waals surface area contributed by atoms with Crippen molar-refractivity contribution >= 4 is 0 Å². The number of methoxy groups -OCH3 is 1. The van der Waals surface area contributed by atoms with Crippen molar-refractivity contribution in [3.63, 3.8) is 0 Å². The topological polar surface area (TPSA) is 32.7 Å². The number of nitrogens with zero attached hydrogens (tertiary/aromatic N) is 1. The molecule has 0 aromatic heterocycles. The largest absolute Gasteiger partial charge is 0.496 e. The minimum Gasteiger partial charge on any atom is -0.496 e. The van der Waals surface area contributed by atoms with Gasteiger partial charge in [-0.05, 0) is 51.2 Å². The van der Waals surface area contributed by atoms with Crippen molar-refractivity contribution in [2.75, 3.05) is 13.7 Å². The molecule has 1 aromatic rings. The van der Waals surface area contributed by atoms with Gasteiger partial charge in [0.25, 0.3) is 0 Å². The van der Waals surface area contributed by atoms with E-state index in [2.05, 4.69) is 31.7 Å². The normalized spacial score (nSPS) is 30.8. The van der Waals surface area contributed by atoms with Gasteiger partial charge in [-0.25, -0.2) is 0 Å². The maximum Gasteiger partial charge on any atom is 0.128 e. The van der Waals surface area contributed by atoms with Crippen molar-refractivity contribution in [2.45, 2.75) is 57.7 Å². The Morgan fingerprint density at radius 2 is 2.00 bits per heavy atom. The van der Waals surface area contributed by atoms with Crippen molar-refractivity contribution in [3.05, 3.63) is 28.8 Å². The summed E-state index contributed by atoms with van der Waals surface area (Å²) < 4.78 is 5.60. The smallest absolute Gasteiger partial charge is 0.128 e. The van der Waals surface area contributed by atoms with Crippen LogP contribution in [0.1, 0.15) is 42.9 Å². The molecule has 2 atom stereocenters. The lowest BCUT2D eigenvalue weighted by molar-refractivity contribution is 0.0426. The fourth-order valence-corrected chi connectivity index (χ4v) is 3.64. The number of hydrogen-bond acceptors (Lipinski definition) is 3. The van der Waals surface area contributed by atoms with Gasteiger partial charge in [-0.1, -0.05) is 12.1 Å². The van der Waals surface area contributed by atoms with Gasteiger partial charge in [-0.2, -0.15) is 0 Å². The van der Waals surface area contributed by atoms with Gasteiger partial charge in [0.2, 0.25) is 0 Å². The first kappa shape index (κ1) is 13.9. The highest BCUT2D eigenvalue weighted by molar-refractivity contribution is 5.48. The van der Waals surface area contributed by atoms with Crippen LogP contribution in [0.2, 0.25) is 0 Å². The summed E-state index contributed by atoms with van der Waals surface area (Å²) >= 11 is 0. The lowest BCUT2D eigenvalue weighted by Gasteiger charge is -2.27. The predicted molar refractivity (Wildman–Crippen MR) is 80.2 cm³/mol. The molecule has 110 valence electrons. The van der Waals surface area contributed by atoms with Crippen molar-refractivity contribution in [1.29, 1.82) is 0 Å². The van der Waals surface area contributed by atoms with E-state index in [4.69, 9.17) is 4.74 Å². The second-order valence-corrected chi connectivity index (χ2v) is 6.58. The Morgan fingerprint density at radius 1 is 1.30 bits per heavy atom. The van der Waals surface area contributed by atoms with Crippen LogP contribution in [-0.2, 0) is 5.60 Å². The van der Waals surface area contributed by atoms with Gasteiger partial charge in [0.1, 0.15) is 11.4 Å². The van der Waals surface area contributed by atoms with E-state index in [1.165, 1.54) is 18.4 Å². The molecule has 3 heteroatoms. The number of likely N-dealkylation sites (tertiary alicyclic amines) is 1. The van der Waals surface area contributed by atoms with Crippen LogP contribution < -0.4 is 4.74 Å². The van der Waals surface area contributed by atoms with Gasteiger partial charge in [-0.3, -0.25) is 4.90 Å². The van der Waals surface area contributed by atoms with Gasteiger partial charge in [0.15, 0.2) is 0 Å². The first-order chi connectivity index (χ1) is 9.46. The molecule has 1 aliphatic carbocycles. The van der Waals surface area contributed by atoms with Gasteiger partial charge >= 0.3 is 0 Å². The van der Waals surface area contributed by atoms with E-state index in [0.717, 1.165) is 29.8 Å². The molecule has 0 amide bonds. The van der Waals surface area contributed by atoms with Gasteiger partial charge in [-0.15, -0.1) is 0 Å². The molecule has 1 saturated carbocycles. The maximum absolute atomic E-state index is 11.2. The lowest BCUT2D eigenvalue weighted by atomic mass is 9.88. The average molecular weight is 275 g/mol. The summed E-state index contributed by atoms with van der Waals surface area (Å²) in [6.07, 6.45) is 3.36. The van der Waals surface area contributed by atoms with E-state index in [0.29, 0.717) is 12.1 Å². The summed E-state index contributed by atoms with van der Waals surface area (Å²) in [6, 6.07) is 5.27. The first-order valence-corrected chi connectivity index (χ1v) is 7.59.